The molecular formula is C22H21N3O2S2. The normalized spacial score (nSPS) is 13.9. The van der Waals surface area contributed by atoms with E-state index in [0.29, 0.717) is 17.0 Å². The standard InChI is InChI=1S/C22H21N3O2S2/c26-20(25-10-12-28-13-11-25)14-16-6-8-18(9-7-16)24-21(27)19-15-23-22(29-19)17-4-2-1-3-5-17/h1-9,15H,10-14H2,(H,24,27). The van der Waals surface area contributed by atoms with Gasteiger partial charge in [-0.15, -0.1) is 11.3 Å². The highest BCUT2D eigenvalue weighted by molar-refractivity contribution is 7.99. The van der Waals surface area contributed by atoms with Crippen molar-refractivity contribution in [2.45, 2.75) is 6.42 Å². The molecule has 4 rings (SSSR count). The molecule has 0 radical (unpaired) electrons. The Morgan fingerprint density at radius 1 is 1.00 bits per heavy atom. The van der Waals surface area contributed by atoms with Gasteiger partial charge in [0.2, 0.25) is 5.91 Å². The molecule has 1 N–H and O–H groups in total. The van der Waals surface area contributed by atoms with E-state index in [0.717, 1.165) is 40.7 Å². The summed E-state index contributed by atoms with van der Waals surface area (Å²) in [6.45, 7) is 1.66. The molecule has 1 aromatic heterocycles. The molecule has 2 aromatic carbocycles. The van der Waals surface area contributed by atoms with E-state index in [-0.39, 0.29) is 11.8 Å². The SMILES string of the molecule is O=C(Nc1ccc(CC(=O)N2CCSCC2)cc1)c1cnc(-c2ccccc2)s1. The highest BCUT2D eigenvalue weighted by Gasteiger charge is 2.17. The van der Waals surface area contributed by atoms with Crippen LogP contribution in [0.2, 0.25) is 0 Å². The van der Waals surface area contributed by atoms with Gasteiger partial charge in [0, 0.05) is 35.8 Å². The summed E-state index contributed by atoms with van der Waals surface area (Å²) in [5.41, 5.74) is 2.66. The lowest BCUT2D eigenvalue weighted by Crippen LogP contribution is -2.38. The van der Waals surface area contributed by atoms with Gasteiger partial charge in [-0.25, -0.2) is 4.98 Å². The third-order valence-corrected chi connectivity index (χ3v) is 6.67. The number of nitrogens with one attached hydrogen (secondary N) is 1. The molecule has 7 heteroatoms. The summed E-state index contributed by atoms with van der Waals surface area (Å²) < 4.78 is 0. The fraction of sp³-hybridized carbons (Fsp3) is 0.227. The molecule has 0 spiro atoms. The van der Waals surface area contributed by atoms with Crippen LogP contribution in [0, 0.1) is 0 Å². The Morgan fingerprint density at radius 2 is 1.72 bits per heavy atom. The van der Waals surface area contributed by atoms with E-state index in [4.69, 9.17) is 0 Å². The maximum atomic E-state index is 12.5. The first-order chi connectivity index (χ1) is 14.2. The molecule has 5 nitrogen and oxygen atoms in total. The van der Waals surface area contributed by atoms with Gasteiger partial charge in [-0.05, 0) is 17.7 Å². The monoisotopic (exact) mass is 423 g/mol. The molecule has 1 aliphatic heterocycles. The summed E-state index contributed by atoms with van der Waals surface area (Å²) in [7, 11) is 0. The second kappa shape index (κ2) is 9.24. The third-order valence-electron chi connectivity index (χ3n) is 4.68. The lowest BCUT2D eigenvalue weighted by atomic mass is 10.1. The molecule has 1 aliphatic rings. The van der Waals surface area contributed by atoms with E-state index in [9.17, 15) is 9.59 Å². The molecule has 0 saturated carbocycles. The van der Waals surface area contributed by atoms with Crippen molar-refractivity contribution in [1.29, 1.82) is 0 Å². The summed E-state index contributed by atoms with van der Waals surface area (Å²) in [5.74, 6) is 2.01. The number of thioether (sulfide) groups is 1. The number of nitrogens with zero attached hydrogens (tertiary/aromatic N) is 2. The second-order valence-electron chi connectivity index (χ2n) is 6.72. The maximum absolute atomic E-state index is 12.5. The first-order valence-corrected chi connectivity index (χ1v) is 11.4. The highest BCUT2D eigenvalue weighted by atomic mass is 32.2. The zero-order chi connectivity index (χ0) is 20.1. The molecular weight excluding hydrogens is 402 g/mol. The Kier molecular flexibility index (Phi) is 6.27. The zero-order valence-electron chi connectivity index (χ0n) is 15.8. The lowest BCUT2D eigenvalue weighted by Gasteiger charge is -2.26. The smallest absolute Gasteiger partial charge is 0.267 e. The minimum atomic E-state index is -0.181. The van der Waals surface area contributed by atoms with Gasteiger partial charge in [0.05, 0.1) is 12.6 Å². The van der Waals surface area contributed by atoms with Crippen LogP contribution in [0.1, 0.15) is 15.2 Å². The number of carbonyl (C=O) groups excluding carboxylic acids is 2. The Morgan fingerprint density at radius 3 is 2.45 bits per heavy atom. The van der Waals surface area contributed by atoms with Crippen LogP contribution in [0.25, 0.3) is 10.6 Å². The average Bonchev–Trinajstić information content (AvgIpc) is 3.27. The van der Waals surface area contributed by atoms with Crippen LogP contribution in [0.5, 0.6) is 0 Å². The Labute approximate surface area is 178 Å². The van der Waals surface area contributed by atoms with Gasteiger partial charge in [0.15, 0.2) is 0 Å². The van der Waals surface area contributed by atoms with Gasteiger partial charge in [0.25, 0.3) is 5.91 Å². The van der Waals surface area contributed by atoms with Gasteiger partial charge in [-0.3, -0.25) is 9.59 Å². The number of benzene rings is 2. The van der Waals surface area contributed by atoms with Gasteiger partial charge in [-0.2, -0.15) is 11.8 Å². The van der Waals surface area contributed by atoms with Crippen molar-refractivity contribution in [3.63, 3.8) is 0 Å². The van der Waals surface area contributed by atoms with Gasteiger partial charge in [0.1, 0.15) is 9.88 Å². The predicted molar refractivity (Wildman–Crippen MR) is 120 cm³/mol. The number of hydrogen-bond donors (Lipinski definition) is 1. The Bertz CT molecular complexity index is 981. The van der Waals surface area contributed by atoms with Crippen molar-refractivity contribution in [2.75, 3.05) is 29.9 Å². The molecule has 1 saturated heterocycles. The third kappa shape index (κ3) is 5.05. The van der Waals surface area contributed by atoms with Crippen LogP contribution >= 0.6 is 23.1 Å². The molecule has 0 bridgehead atoms. The number of aromatic nitrogens is 1. The zero-order valence-corrected chi connectivity index (χ0v) is 17.5. The van der Waals surface area contributed by atoms with E-state index in [1.165, 1.54) is 11.3 Å². The quantitative estimate of drug-likeness (QED) is 0.669. The van der Waals surface area contributed by atoms with Gasteiger partial charge in [-0.1, -0.05) is 42.5 Å². The summed E-state index contributed by atoms with van der Waals surface area (Å²) in [6, 6.07) is 17.3. The molecule has 2 amide bonds. The molecule has 0 aliphatic carbocycles. The largest absolute Gasteiger partial charge is 0.341 e. The molecule has 3 aromatic rings. The minimum absolute atomic E-state index is 0.167. The van der Waals surface area contributed by atoms with Crippen LogP contribution in [-0.2, 0) is 11.2 Å². The Hall–Kier alpha value is -2.64. The predicted octanol–water partition coefficient (Wildman–Crippen LogP) is 4.18. The lowest BCUT2D eigenvalue weighted by molar-refractivity contribution is -0.130. The summed E-state index contributed by atoms with van der Waals surface area (Å²) in [5, 5.41) is 3.72. The molecule has 2 heterocycles. The Balaban J connectivity index is 1.35. The average molecular weight is 424 g/mol. The first kappa shape index (κ1) is 19.7. The summed E-state index contributed by atoms with van der Waals surface area (Å²) in [6.07, 6.45) is 2.00. The van der Waals surface area contributed by atoms with Crippen LogP contribution in [-0.4, -0.2) is 46.3 Å². The van der Waals surface area contributed by atoms with E-state index >= 15 is 0 Å². The van der Waals surface area contributed by atoms with E-state index in [1.807, 2.05) is 71.3 Å². The van der Waals surface area contributed by atoms with Crippen molar-refractivity contribution >= 4 is 40.6 Å². The first-order valence-electron chi connectivity index (χ1n) is 9.46. The van der Waals surface area contributed by atoms with Crippen LogP contribution < -0.4 is 5.32 Å². The molecule has 29 heavy (non-hydrogen) atoms. The number of amides is 2. The fourth-order valence-corrected chi connectivity index (χ4v) is 4.81. The fourth-order valence-electron chi connectivity index (χ4n) is 3.09. The molecule has 1 fully saturated rings. The number of thiazole rings is 1. The van der Waals surface area contributed by atoms with Crippen LogP contribution in [0.4, 0.5) is 5.69 Å². The van der Waals surface area contributed by atoms with E-state index in [1.54, 1.807) is 6.20 Å². The highest BCUT2D eigenvalue weighted by Crippen LogP contribution is 2.25. The molecule has 0 unspecified atom stereocenters. The number of carbonyl (C=O) groups is 2. The van der Waals surface area contributed by atoms with Crippen molar-refractivity contribution < 1.29 is 9.59 Å². The second-order valence-corrected chi connectivity index (χ2v) is 8.97. The number of hydrogen-bond acceptors (Lipinski definition) is 5. The van der Waals surface area contributed by atoms with Crippen molar-refractivity contribution in [3.8, 4) is 10.6 Å². The van der Waals surface area contributed by atoms with Crippen molar-refractivity contribution in [3.05, 3.63) is 71.2 Å². The van der Waals surface area contributed by atoms with E-state index in [2.05, 4.69) is 10.3 Å². The summed E-state index contributed by atoms with van der Waals surface area (Å²) >= 11 is 3.26. The topological polar surface area (TPSA) is 62.3 Å². The number of anilines is 1. The van der Waals surface area contributed by atoms with Crippen molar-refractivity contribution in [2.24, 2.45) is 0 Å². The number of rotatable bonds is 5. The van der Waals surface area contributed by atoms with E-state index < -0.39 is 0 Å². The molecule has 0 atom stereocenters. The van der Waals surface area contributed by atoms with Crippen molar-refractivity contribution in [1.82, 2.24) is 9.88 Å². The maximum Gasteiger partial charge on any atom is 0.267 e. The van der Waals surface area contributed by atoms with Crippen LogP contribution in [0.3, 0.4) is 0 Å². The molecule has 148 valence electrons. The van der Waals surface area contributed by atoms with Gasteiger partial charge < -0.3 is 10.2 Å². The van der Waals surface area contributed by atoms with Gasteiger partial charge >= 0.3 is 0 Å². The minimum Gasteiger partial charge on any atom is -0.341 e. The summed E-state index contributed by atoms with van der Waals surface area (Å²) in [4.78, 5) is 31.7. The van der Waals surface area contributed by atoms with Crippen LogP contribution in [0.15, 0.2) is 60.8 Å².